The number of rotatable bonds is 16. The van der Waals surface area contributed by atoms with E-state index in [0.29, 0.717) is 25.0 Å². The van der Waals surface area contributed by atoms with E-state index < -0.39 is 28.3 Å². The summed E-state index contributed by atoms with van der Waals surface area (Å²) in [7, 11) is -2.38. The SMILES string of the molecule is CCCCCN(CC(O)C(Cc1ccccc1)NC(=O)CC(O)CC)S(=O)(=O)c1ccc(OC)cc1. The summed E-state index contributed by atoms with van der Waals surface area (Å²) in [6.45, 7) is 3.89. The number of nitrogens with one attached hydrogen (secondary N) is 1. The third-order valence-electron chi connectivity index (χ3n) is 6.10. The Hall–Kier alpha value is -2.46. The summed E-state index contributed by atoms with van der Waals surface area (Å²) in [5, 5.41) is 23.9. The van der Waals surface area contributed by atoms with Crippen LogP contribution in [0, 0.1) is 0 Å². The van der Waals surface area contributed by atoms with Gasteiger partial charge in [0.2, 0.25) is 15.9 Å². The second-order valence-electron chi connectivity index (χ2n) is 8.94. The summed E-state index contributed by atoms with van der Waals surface area (Å²) in [5.74, 6) is 0.159. The van der Waals surface area contributed by atoms with Gasteiger partial charge >= 0.3 is 0 Å². The third-order valence-corrected chi connectivity index (χ3v) is 7.98. The Bertz CT molecular complexity index is 1010. The molecule has 200 valence electrons. The van der Waals surface area contributed by atoms with Crippen molar-refractivity contribution in [1.82, 2.24) is 9.62 Å². The number of carbonyl (C=O) groups excluding carboxylic acids is 1. The second-order valence-corrected chi connectivity index (χ2v) is 10.9. The summed E-state index contributed by atoms with van der Waals surface area (Å²) in [4.78, 5) is 12.7. The van der Waals surface area contributed by atoms with Gasteiger partial charge in [-0.3, -0.25) is 4.79 Å². The van der Waals surface area contributed by atoms with Gasteiger partial charge in [-0.1, -0.05) is 57.0 Å². The number of aliphatic hydroxyl groups excluding tert-OH is 2. The minimum atomic E-state index is -3.89. The second kappa shape index (κ2) is 14.9. The molecule has 8 nitrogen and oxygen atoms in total. The maximum atomic E-state index is 13.5. The number of hydrogen-bond donors (Lipinski definition) is 3. The molecule has 1 amide bonds. The Morgan fingerprint density at radius 2 is 1.69 bits per heavy atom. The van der Waals surface area contributed by atoms with Crippen LogP contribution < -0.4 is 10.1 Å². The number of hydrogen-bond acceptors (Lipinski definition) is 6. The highest BCUT2D eigenvalue weighted by molar-refractivity contribution is 7.89. The molecule has 0 aliphatic heterocycles. The molecule has 2 aromatic carbocycles. The molecule has 0 saturated heterocycles. The highest BCUT2D eigenvalue weighted by Crippen LogP contribution is 2.21. The fourth-order valence-electron chi connectivity index (χ4n) is 3.86. The number of carbonyl (C=O) groups is 1. The summed E-state index contributed by atoms with van der Waals surface area (Å²) in [6.07, 6.45) is 1.15. The molecule has 36 heavy (non-hydrogen) atoms. The molecular formula is C27H40N2O6S. The van der Waals surface area contributed by atoms with Gasteiger partial charge in [-0.25, -0.2) is 8.42 Å². The number of benzene rings is 2. The predicted octanol–water partition coefficient (Wildman–Crippen LogP) is 3.13. The van der Waals surface area contributed by atoms with Crippen molar-refractivity contribution >= 4 is 15.9 Å². The zero-order valence-electron chi connectivity index (χ0n) is 21.5. The number of unbranched alkanes of at least 4 members (excludes halogenated alkanes) is 2. The van der Waals surface area contributed by atoms with E-state index in [4.69, 9.17) is 4.74 Å². The molecule has 0 bridgehead atoms. The molecule has 0 heterocycles. The van der Waals surface area contributed by atoms with E-state index in [1.54, 1.807) is 19.1 Å². The zero-order valence-corrected chi connectivity index (χ0v) is 22.3. The topological polar surface area (TPSA) is 116 Å². The van der Waals surface area contributed by atoms with Crippen LogP contribution in [0.2, 0.25) is 0 Å². The highest BCUT2D eigenvalue weighted by atomic mass is 32.2. The van der Waals surface area contributed by atoms with Crippen LogP contribution in [-0.2, 0) is 21.2 Å². The minimum Gasteiger partial charge on any atom is -0.497 e. The lowest BCUT2D eigenvalue weighted by atomic mass is 10.0. The van der Waals surface area contributed by atoms with Gasteiger partial charge in [0.05, 0.1) is 36.7 Å². The van der Waals surface area contributed by atoms with Crippen molar-refractivity contribution in [2.45, 2.75) is 75.5 Å². The predicted molar refractivity (Wildman–Crippen MR) is 140 cm³/mol. The van der Waals surface area contributed by atoms with Crippen LogP contribution in [0.1, 0.15) is 51.5 Å². The molecule has 0 radical (unpaired) electrons. The molecule has 2 rings (SSSR count). The molecular weight excluding hydrogens is 480 g/mol. The smallest absolute Gasteiger partial charge is 0.243 e. The molecule has 3 unspecified atom stereocenters. The van der Waals surface area contributed by atoms with Crippen molar-refractivity contribution in [3.8, 4) is 5.75 Å². The van der Waals surface area contributed by atoms with Gasteiger partial charge in [0.25, 0.3) is 0 Å². The van der Waals surface area contributed by atoms with Crippen molar-refractivity contribution in [2.75, 3.05) is 20.2 Å². The van der Waals surface area contributed by atoms with Crippen LogP contribution in [0.15, 0.2) is 59.5 Å². The standard InChI is InChI=1S/C27H40N2O6S/c1-4-6-10-17-29(36(33,34)24-15-13-23(35-3)14-16-24)20-26(31)25(18-21-11-8-7-9-12-21)28-27(32)19-22(30)5-2/h7-9,11-16,22,25-26,30-31H,4-6,10,17-20H2,1-3H3,(H,28,32). The Labute approximate surface area is 215 Å². The Morgan fingerprint density at radius 3 is 2.28 bits per heavy atom. The molecule has 3 atom stereocenters. The van der Waals surface area contributed by atoms with E-state index in [0.717, 1.165) is 18.4 Å². The number of amides is 1. The van der Waals surface area contributed by atoms with Crippen molar-refractivity contribution < 1.29 is 28.2 Å². The Balaban J connectivity index is 2.28. The van der Waals surface area contributed by atoms with Crippen molar-refractivity contribution in [1.29, 1.82) is 0 Å². The van der Waals surface area contributed by atoms with Crippen molar-refractivity contribution in [3.63, 3.8) is 0 Å². The quantitative estimate of drug-likeness (QED) is 0.293. The fraction of sp³-hybridized carbons (Fsp3) is 0.519. The molecule has 3 N–H and O–H groups in total. The summed E-state index contributed by atoms with van der Waals surface area (Å²) in [6, 6.07) is 14.8. The molecule has 0 spiro atoms. The molecule has 0 fully saturated rings. The zero-order chi connectivity index (χ0) is 26.6. The lowest BCUT2D eigenvalue weighted by Crippen LogP contribution is -2.51. The number of sulfonamides is 1. The first-order valence-electron chi connectivity index (χ1n) is 12.5. The lowest BCUT2D eigenvalue weighted by Gasteiger charge is -2.30. The van der Waals surface area contributed by atoms with Crippen molar-refractivity contribution in [2.24, 2.45) is 0 Å². The van der Waals surface area contributed by atoms with Crippen LogP contribution in [0.3, 0.4) is 0 Å². The number of ether oxygens (including phenoxy) is 1. The molecule has 0 aliphatic carbocycles. The van der Waals surface area contributed by atoms with E-state index in [2.05, 4.69) is 5.32 Å². The molecule has 0 saturated carbocycles. The average molecular weight is 521 g/mol. The fourth-order valence-corrected chi connectivity index (χ4v) is 5.35. The van der Waals surface area contributed by atoms with E-state index in [1.807, 2.05) is 37.3 Å². The van der Waals surface area contributed by atoms with Gasteiger partial charge in [0, 0.05) is 13.1 Å². The van der Waals surface area contributed by atoms with Gasteiger partial charge in [0.1, 0.15) is 5.75 Å². The monoisotopic (exact) mass is 520 g/mol. The average Bonchev–Trinajstić information content (AvgIpc) is 2.88. The third kappa shape index (κ3) is 9.20. The molecule has 2 aromatic rings. The first-order valence-corrected chi connectivity index (χ1v) is 14.0. The van der Waals surface area contributed by atoms with Gasteiger partial charge in [-0.2, -0.15) is 4.31 Å². The number of nitrogens with zero attached hydrogens (tertiary/aromatic N) is 1. The molecule has 9 heteroatoms. The largest absolute Gasteiger partial charge is 0.497 e. The van der Waals surface area contributed by atoms with Gasteiger partial charge in [-0.15, -0.1) is 0 Å². The van der Waals surface area contributed by atoms with E-state index in [-0.39, 0.29) is 30.3 Å². The van der Waals surface area contributed by atoms with Gasteiger partial charge < -0.3 is 20.3 Å². The van der Waals surface area contributed by atoms with Crippen LogP contribution >= 0.6 is 0 Å². The molecule has 0 aromatic heterocycles. The van der Waals surface area contributed by atoms with E-state index in [1.165, 1.54) is 23.5 Å². The maximum absolute atomic E-state index is 13.5. The normalized spacial score (nSPS) is 14.3. The summed E-state index contributed by atoms with van der Waals surface area (Å²) < 4.78 is 33.4. The maximum Gasteiger partial charge on any atom is 0.243 e. The Morgan fingerprint density at radius 1 is 1.03 bits per heavy atom. The lowest BCUT2D eigenvalue weighted by molar-refractivity contribution is -0.124. The van der Waals surface area contributed by atoms with Crippen LogP contribution in [-0.4, -0.2) is 67.3 Å². The number of methoxy groups -OCH3 is 1. The van der Waals surface area contributed by atoms with E-state index >= 15 is 0 Å². The van der Waals surface area contributed by atoms with Crippen LogP contribution in [0.25, 0.3) is 0 Å². The number of aliphatic hydroxyl groups is 2. The first kappa shape index (κ1) is 29.8. The van der Waals surface area contributed by atoms with Gasteiger partial charge in [-0.05, 0) is 49.1 Å². The van der Waals surface area contributed by atoms with Crippen LogP contribution in [0.4, 0.5) is 0 Å². The van der Waals surface area contributed by atoms with E-state index in [9.17, 15) is 23.4 Å². The first-order chi connectivity index (χ1) is 17.2. The molecule has 0 aliphatic rings. The summed E-state index contributed by atoms with van der Waals surface area (Å²) >= 11 is 0. The van der Waals surface area contributed by atoms with Gasteiger partial charge in [0.15, 0.2) is 0 Å². The van der Waals surface area contributed by atoms with Crippen molar-refractivity contribution in [3.05, 3.63) is 60.2 Å². The highest BCUT2D eigenvalue weighted by Gasteiger charge is 2.31. The van der Waals surface area contributed by atoms with Crippen LogP contribution in [0.5, 0.6) is 5.75 Å². The Kier molecular flexibility index (Phi) is 12.4. The summed E-state index contributed by atoms with van der Waals surface area (Å²) in [5.41, 5.74) is 0.897. The minimum absolute atomic E-state index is 0.0845.